The number of nitrogens with zero attached hydrogens (tertiary/aromatic N) is 3. The van der Waals surface area contributed by atoms with Crippen molar-refractivity contribution in [2.75, 3.05) is 0 Å². The minimum absolute atomic E-state index is 0. The van der Waals surface area contributed by atoms with Crippen LogP contribution in [0.2, 0.25) is 0 Å². The first-order valence-electron chi connectivity index (χ1n) is 11.1. The van der Waals surface area contributed by atoms with Gasteiger partial charge in [-0.3, -0.25) is 4.98 Å². The molecule has 8 bridgehead atoms. The number of fused-ring (bicyclic) bond motifs is 9. The largest absolute Gasteiger partial charge is 0.355 e. The van der Waals surface area contributed by atoms with Crippen molar-refractivity contribution in [3.63, 3.8) is 0 Å². The first kappa shape index (κ1) is 22.6. The first-order valence-corrected chi connectivity index (χ1v) is 11.1. The Morgan fingerprint density at radius 3 is 1.37 bits per heavy atom. The normalized spacial score (nSPS) is 11.5. The van der Waals surface area contributed by atoms with E-state index < -0.39 is 0 Å². The predicted molar refractivity (Wildman–Crippen MR) is 141 cm³/mol. The van der Waals surface area contributed by atoms with E-state index in [1.54, 1.807) is 0 Å². The first-order chi connectivity index (χ1) is 16.8. The van der Waals surface area contributed by atoms with Crippen molar-refractivity contribution in [1.29, 1.82) is 0 Å². The number of aromatic amines is 2. The maximum Gasteiger partial charge on any atom is 0.0701 e. The van der Waals surface area contributed by atoms with E-state index in [0.29, 0.717) is 0 Å². The minimum Gasteiger partial charge on any atom is -0.355 e. The summed E-state index contributed by atoms with van der Waals surface area (Å²) in [7, 11) is 0. The van der Waals surface area contributed by atoms with Crippen LogP contribution in [0, 0.1) is 0 Å². The molecule has 0 radical (unpaired) electrons. The SMILES string of the molecule is C1=Cc2cc3ccc(cc4nc(cc5ccc(cc1n2)[nH]5)C=C4)[nH]3.[Zn].c1ccc2ncccc2c1. The number of pyridine rings is 1. The summed E-state index contributed by atoms with van der Waals surface area (Å²) in [6, 6.07) is 28.4. The molecule has 0 saturated heterocycles. The maximum absolute atomic E-state index is 4.63. The Morgan fingerprint density at radius 1 is 0.486 bits per heavy atom. The Morgan fingerprint density at radius 2 is 0.914 bits per heavy atom. The molecule has 0 unspecified atom stereocenters. The average Bonchev–Trinajstić information content (AvgIpc) is 3.66. The Hall–Kier alpha value is -4.15. The molecule has 6 heteroatoms. The molecule has 35 heavy (non-hydrogen) atoms. The predicted octanol–water partition coefficient (Wildman–Crippen LogP) is 6.89. The summed E-state index contributed by atoms with van der Waals surface area (Å²) in [5.41, 5.74) is 8.92. The van der Waals surface area contributed by atoms with Crippen LogP contribution in [0.15, 0.2) is 91.1 Å². The van der Waals surface area contributed by atoms with E-state index in [1.165, 1.54) is 5.39 Å². The van der Waals surface area contributed by atoms with Crippen molar-refractivity contribution in [2.24, 2.45) is 0 Å². The summed E-state index contributed by atoms with van der Waals surface area (Å²) >= 11 is 0. The Labute approximate surface area is 215 Å². The number of hydrogen-bond acceptors (Lipinski definition) is 3. The number of benzene rings is 1. The Balaban J connectivity index is 0.000000194. The van der Waals surface area contributed by atoms with Gasteiger partial charge < -0.3 is 9.97 Å². The van der Waals surface area contributed by atoms with Gasteiger partial charge >= 0.3 is 0 Å². The number of H-pyrrole nitrogens is 2. The molecule has 2 aliphatic heterocycles. The van der Waals surface area contributed by atoms with E-state index in [2.05, 4.69) is 61.3 Å². The van der Waals surface area contributed by atoms with Crippen LogP contribution in [-0.2, 0) is 19.5 Å². The molecule has 2 aliphatic rings. The van der Waals surface area contributed by atoms with Crippen LogP contribution in [0.5, 0.6) is 0 Å². The molecule has 2 N–H and O–H groups in total. The van der Waals surface area contributed by atoms with Crippen molar-refractivity contribution in [2.45, 2.75) is 0 Å². The molecule has 5 aromatic rings. The maximum atomic E-state index is 4.63. The van der Waals surface area contributed by atoms with Crippen molar-refractivity contribution in [3.8, 4) is 0 Å². The fraction of sp³-hybridized carbons (Fsp3) is 0. The van der Waals surface area contributed by atoms with E-state index in [0.717, 1.165) is 50.4 Å². The fourth-order valence-electron chi connectivity index (χ4n) is 3.96. The summed E-state index contributed by atoms with van der Waals surface area (Å²) in [6.45, 7) is 0. The van der Waals surface area contributed by atoms with Crippen LogP contribution in [0.25, 0.3) is 57.3 Å². The standard InChI is InChI=1S/C20H14N4.C9H7N.Zn/c1-2-14-10-16-5-6-18(23-16)12-20-8-7-19(24-20)11-17-4-3-15(22-17)9-13(1)21-14;1-2-6-9-8(4-1)5-3-7-10-9;/h1-12,21,24H;1-7H;. The molecule has 0 fully saturated rings. The summed E-state index contributed by atoms with van der Waals surface area (Å²) in [4.78, 5) is 20.2. The van der Waals surface area contributed by atoms with Gasteiger partial charge in [0.25, 0.3) is 0 Å². The molecule has 5 nitrogen and oxygen atoms in total. The molecular weight excluding hydrogens is 484 g/mol. The second kappa shape index (κ2) is 10.00. The summed E-state index contributed by atoms with van der Waals surface area (Å²) in [6.07, 6.45) is 9.90. The van der Waals surface area contributed by atoms with E-state index in [4.69, 9.17) is 0 Å². The third-order valence-electron chi connectivity index (χ3n) is 5.55. The summed E-state index contributed by atoms with van der Waals surface area (Å²) in [5.74, 6) is 0. The van der Waals surface area contributed by atoms with Crippen LogP contribution in [0.4, 0.5) is 0 Å². The Kier molecular flexibility index (Phi) is 6.47. The summed E-state index contributed by atoms with van der Waals surface area (Å²) in [5, 5.41) is 1.20. The van der Waals surface area contributed by atoms with E-state index >= 15 is 0 Å². The fourth-order valence-corrected chi connectivity index (χ4v) is 3.96. The van der Waals surface area contributed by atoms with Gasteiger partial charge in [0.15, 0.2) is 0 Å². The molecule has 164 valence electrons. The third-order valence-corrected chi connectivity index (χ3v) is 5.55. The van der Waals surface area contributed by atoms with Crippen molar-refractivity contribution in [3.05, 3.63) is 114 Å². The van der Waals surface area contributed by atoms with Gasteiger partial charge in [-0.05, 0) is 85.0 Å². The molecule has 0 spiro atoms. The molecule has 0 atom stereocenters. The number of hydrogen-bond donors (Lipinski definition) is 2. The van der Waals surface area contributed by atoms with E-state index in [1.807, 2.05) is 79.0 Å². The van der Waals surface area contributed by atoms with E-state index in [-0.39, 0.29) is 19.5 Å². The number of para-hydroxylation sites is 1. The van der Waals surface area contributed by atoms with E-state index in [9.17, 15) is 0 Å². The molecule has 0 aliphatic carbocycles. The molecule has 1 aromatic carbocycles. The minimum atomic E-state index is 0. The molecule has 4 aromatic heterocycles. The zero-order valence-corrected chi connectivity index (χ0v) is 22.0. The van der Waals surface area contributed by atoms with Crippen LogP contribution in [0.1, 0.15) is 22.8 Å². The number of aromatic nitrogens is 5. The van der Waals surface area contributed by atoms with Crippen LogP contribution in [0.3, 0.4) is 0 Å². The van der Waals surface area contributed by atoms with Gasteiger partial charge in [0.05, 0.1) is 28.3 Å². The van der Waals surface area contributed by atoms with Crippen LogP contribution in [-0.4, -0.2) is 24.9 Å². The van der Waals surface area contributed by atoms with Crippen LogP contribution >= 0.6 is 0 Å². The zero-order chi connectivity index (χ0) is 22.7. The van der Waals surface area contributed by atoms with Crippen molar-refractivity contribution in [1.82, 2.24) is 24.9 Å². The van der Waals surface area contributed by atoms with Gasteiger partial charge in [0.2, 0.25) is 0 Å². The monoisotopic (exact) mass is 503 g/mol. The topological polar surface area (TPSA) is 70.2 Å². The van der Waals surface area contributed by atoms with Gasteiger partial charge in [-0.15, -0.1) is 0 Å². The van der Waals surface area contributed by atoms with Gasteiger partial charge in [-0.1, -0.05) is 24.3 Å². The van der Waals surface area contributed by atoms with Crippen LogP contribution < -0.4 is 0 Å². The zero-order valence-electron chi connectivity index (χ0n) is 19.0. The quantitative estimate of drug-likeness (QED) is 0.221. The number of rotatable bonds is 0. The Bertz CT molecular complexity index is 1490. The number of nitrogens with one attached hydrogen (secondary N) is 2. The molecule has 0 saturated carbocycles. The van der Waals surface area contributed by atoms with Crippen molar-refractivity contribution < 1.29 is 19.5 Å². The molecule has 7 rings (SSSR count). The smallest absolute Gasteiger partial charge is 0.0701 e. The average molecular weight is 505 g/mol. The second-order valence-corrected chi connectivity index (χ2v) is 8.10. The van der Waals surface area contributed by atoms with Gasteiger partial charge in [-0.25, -0.2) is 9.97 Å². The molecule has 6 heterocycles. The second-order valence-electron chi connectivity index (χ2n) is 8.10. The summed E-state index contributed by atoms with van der Waals surface area (Å²) < 4.78 is 0. The third kappa shape index (κ3) is 5.34. The van der Waals surface area contributed by atoms with Gasteiger partial charge in [0, 0.05) is 53.1 Å². The molecule has 0 amide bonds. The van der Waals surface area contributed by atoms with Gasteiger partial charge in [0.1, 0.15) is 0 Å². The molecular formula is C29H21N5Zn. The van der Waals surface area contributed by atoms with Crippen molar-refractivity contribution >= 4 is 57.3 Å². The van der Waals surface area contributed by atoms with Gasteiger partial charge in [-0.2, -0.15) is 0 Å².